The van der Waals surface area contributed by atoms with Crippen LogP contribution in [0.3, 0.4) is 0 Å². The number of fused-ring (bicyclic) bond motifs is 1. The van der Waals surface area contributed by atoms with Crippen molar-refractivity contribution in [1.29, 1.82) is 0 Å². The maximum absolute atomic E-state index is 13.1. The molecule has 3 heterocycles. The highest BCUT2D eigenvalue weighted by Gasteiger charge is 2.24. The van der Waals surface area contributed by atoms with Gasteiger partial charge in [-0.15, -0.1) is 10.2 Å². The van der Waals surface area contributed by atoms with Gasteiger partial charge >= 0.3 is 0 Å². The number of ketones is 1. The number of nitrogens with zero attached hydrogens (tertiary/aromatic N) is 3. The van der Waals surface area contributed by atoms with Gasteiger partial charge in [0.25, 0.3) is 0 Å². The van der Waals surface area contributed by atoms with Crippen LogP contribution in [0, 0.1) is 6.92 Å². The Morgan fingerprint density at radius 2 is 2.04 bits per heavy atom. The maximum Gasteiger partial charge on any atom is 0.200 e. The fourth-order valence-electron chi connectivity index (χ4n) is 3.05. The van der Waals surface area contributed by atoms with Crippen LogP contribution in [0.1, 0.15) is 23.0 Å². The van der Waals surface area contributed by atoms with Crippen LogP contribution in [0.25, 0.3) is 22.5 Å². The van der Waals surface area contributed by atoms with E-state index in [1.807, 2.05) is 61.9 Å². The number of aromatic amines is 1. The van der Waals surface area contributed by atoms with Crippen LogP contribution >= 0.6 is 11.8 Å². The second-order valence-corrected chi connectivity index (χ2v) is 7.45. The van der Waals surface area contributed by atoms with E-state index >= 15 is 0 Å². The number of benzene rings is 1. The lowest BCUT2D eigenvalue weighted by atomic mass is 10.1. The van der Waals surface area contributed by atoms with Gasteiger partial charge in [0, 0.05) is 29.2 Å². The van der Waals surface area contributed by atoms with Crippen LogP contribution in [-0.4, -0.2) is 30.8 Å². The topological polar surface area (TPSA) is 76.7 Å². The molecule has 4 rings (SSSR count). The minimum atomic E-state index is -0.291. The van der Waals surface area contributed by atoms with Gasteiger partial charge in [-0.3, -0.25) is 4.79 Å². The second kappa shape index (κ2) is 6.49. The molecule has 1 atom stereocenters. The van der Waals surface area contributed by atoms with E-state index in [0.717, 1.165) is 22.2 Å². The predicted molar refractivity (Wildman–Crippen MR) is 101 cm³/mol. The van der Waals surface area contributed by atoms with Crippen molar-refractivity contribution in [2.75, 3.05) is 0 Å². The van der Waals surface area contributed by atoms with E-state index in [2.05, 4.69) is 15.2 Å². The summed E-state index contributed by atoms with van der Waals surface area (Å²) in [6.07, 6.45) is 1.60. The number of carbonyl (C=O) groups is 1. The van der Waals surface area contributed by atoms with Crippen molar-refractivity contribution < 1.29 is 9.21 Å². The number of para-hydroxylation sites is 1. The fraction of sp³-hybridized carbons (Fsp3) is 0.211. The number of aromatic nitrogens is 4. The van der Waals surface area contributed by atoms with Crippen molar-refractivity contribution in [3.05, 3.63) is 53.9 Å². The molecular formula is C19H18N4O2S. The van der Waals surface area contributed by atoms with Gasteiger partial charge in [0.2, 0.25) is 0 Å². The lowest BCUT2D eigenvalue weighted by Gasteiger charge is -2.10. The molecule has 6 nitrogen and oxygen atoms in total. The first-order valence-electron chi connectivity index (χ1n) is 8.27. The molecule has 0 amide bonds. The molecule has 1 aromatic carbocycles. The lowest BCUT2D eigenvalue weighted by Crippen LogP contribution is -2.15. The largest absolute Gasteiger partial charge is 0.461 e. The number of aryl methyl sites for hydroxylation is 1. The van der Waals surface area contributed by atoms with Crippen LogP contribution < -0.4 is 0 Å². The Morgan fingerprint density at radius 1 is 1.23 bits per heavy atom. The van der Waals surface area contributed by atoms with E-state index in [-0.39, 0.29) is 11.0 Å². The summed E-state index contributed by atoms with van der Waals surface area (Å²) in [5, 5.41) is 9.74. The molecule has 0 fully saturated rings. The number of nitrogens with one attached hydrogen (secondary N) is 1. The molecule has 0 aliphatic carbocycles. The van der Waals surface area contributed by atoms with Gasteiger partial charge in [0.1, 0.15) is 0 Å². The molecule has 0 aliphatic heterocycles. The van der Waals surface area contributed by atoms with Gasteiger partial charge in [-0.25, -0.2) is 0 Å². The summed E-state index contributed by atoms with van der Waals surface area (Å²) in [5.41, 5.74) is 2.61. The molecule has 0 aliphatic rings. The van der Waals surface area contributed by atoms with Crippen LogP contribution in [-0.2, 0) is 7.05 Å². The number of hydrogen-bond acceptors (Lipinski definition) is 5. The average molecular weight is 366 g/mol. The van der Waals surface area contributed by atoms with Crippen molar-refractivity contribution >= 4 is 28.4 Å². The van der Waals surface area contributed by atoms with E-state index in [0.29, 0.717) is 16.7 Å². The van der Waals surface area contributed by atoms with Crippen molar-refractivity contribution in [1.82, 2.24) is 19.7 Å². The highest BCUT2D eigenvalue weighted by atomic mass is 32.2. The molecule has 0 saturated heterocycles. The Kier molecular flexibility index (Phi) is 4.16. The number of hydrogen-bond donors (Lipinski definition) is 1. The molecule has 0 radical (unpaired) electrons. The average Bonchev–Trinajstić information content (AvgIpc) is 3.33. The normalized spacial score (nSPS) is 12.6. The molecule has 7 heteroatoms. The molecule has 1 unspecified atom stereocenters. The smallest absolute Gasteiger partial charge is 0.200 e. The predicted octanol–water partition coefficient (Wildman–Crippen LogP) is 4.23. The number of H-pyrrole nitrogens is 1. The second-order valence-electron chi connectivity index (χ2n) is 6.14. The van der Waals surface area contributed by atoms with Crippen LogP contribution in [0.5, 0.6) is 0 Å². The Bertz CT molecular complexity index is 1080. The maximum atomic E-state index is 13.1. The van der Waals surface area contributed by atoms with E-state index in [1.54, 1.807) is 6.26 Å². The highest BCUT2D eigenvalue weighted by Crippen LogP contribution is 2.30. The van der Waals surface area contributed by atoms with Crippen LogP contribution in [0.2, 0.25) is 0 Å². The first-order chi connectivity index (χ1) is 12.6. The number of rotatable bonds is 5. The summed E-state index contributed by atoms with van der Waals surface area (Å²) in [6.45, 7) is 3.83. The van der Waals surface area contributed by atoms with Crippen molar-refractivity contribution in [2.24, 2.45) is 7.05 Å². The minimum Gasteiger partial charge on any atom is -0.461 e. The number of thioether (sulfide) groups is 1. The molecule has 1 N–H and O–H groups in total. The van der Waals surface area contributed by atoms with Crippen molar-refractivity contribution in [3.8, 4) is 11.6 Å². The van der Waals surface area contributed by atoms with Crippen molar-refractivity contribution in [2.45, 2.75) is 24.3 Å². The molecular weight excluding hydrogens is 348 g/mol. The van der Waals surface area contributed by atoms with Gasteiger partial charge in [0.15, 0.2) is 22.5 Å². The van der Waals surface area contributed by atoms with E-state index < -0.39 is 0 Å². The molecule has 3 aromatic heterocycles. The van der Waals surface area contributed by atoms with Crippen molar-refractivity contribution in [3.63, 3.8) is 0 Å². The Morgan fingerprint density at radius 3 is 2.81 bits per heavy atom. The zero-order chi connectivity index (χ0) is 18.3. The fourth-order valence-corrected chi connectivity index (χ4v) is 3.92. The molecule has 0 bridgehead atoms. The first-order valence-corrected chi connectivity index (χ1v) is 9.15. The summed E-state index contributed by atoms with van der Waals surface area (Å²) < 4.78 is 7.23. The van der Waals surface area contributed by atoms with Gasteiger partial charge in [0.05, 0.1) is 11.5 Å². The molecule has 26 heavy (non-hydrogen) atoms. The minimum absolute atomic E-state index is 0.0764. The van der Waals surface area contributed by atoms with E-state index in [9.17, 15) is 4.79 Å². The number of Topliss-reactive ketones (excluding diaryl/α,β-unsaturated/α-hetero) is 1. The van der Waals surface area contributed by atoms with E-state index in [4.69, 9.17) is 4.42 Å². The van der Waals surface area contributed by atoms with Gasteiger partial charge < -0.3 is 14.0 Å². The molecule has 132 valence electrons. The third-order valence-electron chi connectivity index (χ3n) is 4.37. The Balaban J connectivity index is 1.61. The quantitative estimate of drug-likeness (QED) is 0.422. The molecule has 4 aromatic rings. The number of furan rings is 1. The van der Waals surface area contributed by atoms with Gasteiger partial charge in [-0.1, -0.05) is 30.0 Å². The van der Waals surface area contributed by atoms with Gasteiger partial charge in [-0.2, -0.15) is 0 Å². The highest BCUT2D eigenvalue weighted by molar-refractivity contribution is 8.00. The SMILES string of the molecule is Cc1[nH]c2ccccc2c1C(=O)C(C)Sc1nnc(-c2ccco2)n1C. The van der Waals surface area contributed by atoms with Crippen LogP contribution in [0.4, 0.5) is 0 Å². The van der Waals surface area contributed by atoms with Crippen LogP contribution in [0.15, 0.2) is 52.2 Å². The summed E-state index contributed by atoms with van der Waals surface area (Å²) >= 11 is 1.40. The first kappa shape index (κ1) is 16.7. The van der Waals surface area contributed by atoms with E-state index in [1.165, 1.54) is 11.8 Å². The molecule has 0 saturated carbocycles. The summed E-state index contributed by atoms with van der Waals surface area (Å²) in [4.78, 5) is 16.4. The summed E-state index contributed by atoms with van der Waals surface area (Å²) in [6, 6.07) is 11.5. The zero-order valence-electron chi connectivity index (χ0n) is 14.7. The zero-order valence-corrected chi connectivity index (χ0v) is 15.5. The molecule has 0 spiro atoms. The third kappa shape index (κ3) is 2.74. The Labute approximate surface area is 154 Å². The van der Waals surface area contributed by atoms with Gasteiger partial charge in [-0.05, 0) is 32.0 Å². The summed E-state index contributed by atoms with van der Waals surface area (Å²) in [5.74, 6) is 1.37. The third-order valence-corrected chi connectivity index (χ3v) is 5.50. The monoisotopic (exact) mass is 366 g/mol. The lowest BCUT2D eigenvalue weighted by molar-refractivity contribution is 0.0995. The summed E-state index contributed by atoms with van der Waals surface area (Å²) in [7, 11) is 1.87. The standard InChI is InChI=1S/C19H18N4O2S/c1-11-16(13-7-4-5-8-14(13)20-11)17(24)12(2)26-19-22-21-18(23(19)3)15-9-6-10-25-15/h4-10,12,20H,1-3H3. The number of carbonyl (C=O) groups excluding carboxylic acids is 1. The Hall–Kier alpha value is -2.80.